The molecule has 4 atom stereocenters. The Balaban J connectivity index is 1.50. The normalized spacial score (nSPS) is 31.3. The number of sulfonamides is 1. The number of hydrogen-bond donors (Lipinski definition) is 1. The van der Waals surface area contributed by atoms with E-state index in [9.17, 15) is 18.0 Å². The van der Waals surface area contributed by atoms with Crippen molar-refractivity contribution in [3.05, 3.63) is 0 Å². The maximum Gasteiger partial charge on any atom is 0.410 e. The second-order valence-corrected chi connectivity index (χ2v) is 11.0. The van der Waals surface area contributed by atoms with Gasteiger partial charge in [-0.3, -0.25) is 9.52 Å². The van der Waals surface area contributed by atoms with Crippen LogP contribution in [0.2, 0.25) is 0 Å². The summed E-state index contributed by atoms with van der Waals surface area (Å²) in [6.45, 7) is 5.69. The van der Waals surface area contributed by atoms with Crippen molar-refractivity contribution in [2.45, 2.75) is 70.1 Å². The van der Waals surface area contributed by atoms with Gasteiger partial charge >= 0.3 is 6.09 Å². The Morgan fingerprint density at radius 3 is 2.46 bits per heavy atom. The van der Waals surface area contributed by atoms with Gasteiger partial charge in [0.1, 0.15) is 5.60 Å². The molecule has 1 saturated heterocycles. The van der Waals surface area contributed by atoms with E-state index < -0.39 is 32.9 Å². The predicted molar refractivity (Wildman–Crippen MR) is 96.8 cm³/mol. The van der Waals surface area contributed by atoms with Gasteiger partial charge in [0, 0.05) is 19.5 Å². The number of carbonyl (C=O) groups is 2. The minimum absolute atomic E-state index is 0.0612. The van der Waals surface area contributed by atoms with Crippen molar-refractivity contribution >= 4 is 22.0 Å². The number of ether oxygens (including phenoxy) is 1. The molecule has 2 aliphatic carbocycles. The van der Waals surface area contributed by atoms with Gasteiger partial charge in [-0.2, -0.15) is 0 Å². The molecule has 1 N–H and O–H groups in total. The van der Waals surface area contributed by atoms with Gasteiger partial charge < -0.3 is 9.64 Å². The Morgan fingerprint density at radius 1 is 1.15 bits per heavy atom. The second-order valence-electron chi connectivity index (χ2n) is 9.05. The maximum absolute atomic E-state index is 12.5. The molecular formula is C18H30N2O5S. The molecule has 26 heavy (non-hydrogen) atoms. The van der Waals surface area contributed by atoms with Gasteiger partial charge in [0.15, 0.2) is 0 Å². The fraction of sp³-hybridized carbons (Fsp3) is 0.889. The van der Waals surface area contributed by atoms with Crippen molar-refractivity contribution in [3.63, 3.8) is 0 Å². The second kappa shape index (κ2) is 7.02. The molecular weight excluding hydrogens is 356 g/mol. The van der Waals surface area contributed by atoms with Gasteiger partial charge in [-0.1, -0.05) is 6.42 Å². The molecule has 0 aromatic heterocycles. The average molecular weight is 387 g/mol. The molecule has 0 aromatic carbocycles. The summed E-state index contributed by atoms with van der Waals surface area (Å²) in [5, 5.41) is -0.765. The summed E-state index contributed by atoms with van der Waals surface area (Å²) in [6, 6.07) is 0. The van der Waals surface area contributed by atoms with Crippen molar-refractivity contribution in [2.24, 2.45) is 17.8 Å². The molecule has 2 bridgehead atoms. The summed E-state index contributed by atoms with van der Waals surface area (Å²) in [4.78, 5) is 25.7. The largest absolute Gasteiger partial charge is 0.444 e. The van der Waals surface area contributed by atoms with Crippen LogP contribution in [0.15, 0.2) is 0 Å². The first-order valence-corrected chi connectivity index (χ1v) is 11.1. The van der Waals surface area contributed by atoms with Crippen LogP contribution in [-0.4, -0.2) is 49.3 Å². The molecule has 7 nitrogen and oxygen atoms in total. The van der Waals surface area contributed by atoms with E-state index in [1.165, 1.54) is 24.2 Å². The minimum Gasteiger partial charge on any atom is -0.444 e. The number of amides is 2. The molecule has 1 aliphatic heterocycles. The smallest absolute Gasteiger partial charge is 0.410 e. The highest BCUT2D eigenvalue weighted by atomic mass is 32.2. The van der Waals surface area contributed by atoms with Crippen molar-refractivity contribution in [1.82, 2.24) is 9.62 Å². The summed E-state index contributed by atoms with van der Waals surface area (Å²) in [6.07, 6.45) is 4.76. The Hall–Kier alpha value is -1.31. The van der Waals surface area contributed by atoms with Gasteiger partial charge in [-0.05, 0) is 64.2 Å². The Labute approximate surface area is 155 Å². The van der Waals surface area contributed by atoms with Crippen molar-refractivity contribution in [3.8, 4) is 0 Å². The molecule has 148 valence electrons. The van der Waals surface area contributed by atoms with Gasteiger partial charge in [-0.25, -0.2) is 13.2 Å². The van der Waals surface area contributed by atoms with Crippen LogP contribution in [0, 0.1) is 17.8 Å². The number of likely N-dealkylation sites (tertiary alicyclic amines) is 1. The van der Waals surface area contributed by atoms with E-state index in [0.29, 0.717) is 31.2 Å². The van der Waals surface area contributed by atoms with Crippen molar-refractivity contribution in [1.29, 1.82) is 0 Å². The summed E-state index contributed by atoms with van der Waals surface area (Å²) in [5.41, 5.74) is -0.622. The third-order valence-corrected chi connectivity index (χ3v) is 7.60. The highest BCUT2D eigenvalue weighted by Crippen LogP contribution is 2.49. The third kappa shape index (κ3) is 4.50. The van der Waals surface area contributed by atoms with E-state index in [0.717, 1.165) is 12.3 Å². The van der Waals surface area contributed by atoms with Gasteiger partial charge in [0.25, 0.3) is 0 Å². The van der Waals surface area contributed by atoms with Crippen LogP contribution in [0.4, 0.5) is 4.79 Å². The SMILES string of the molecule is CC(C)(C)OC(=O)N1CC[C@@H](S(=O)(=O)NC(=O)C[C@@H]2C[C@H]3CC[C@H]2C3)C1. The van der Waals surface area contributed by atoms with Crippen molar-refractivity contribution in [2.75, 3.05) is 13.1 Å². The number of hydrogen-bond acceptors (Lipinski definition) is 5. The van der Waals surface area contributed by atoms with Crippen LogP contribution in [0.1, 0.15) is 59.3 Å². The highest BCUT2D eigenvalue weighted by Gasteiger charge is 2.42. The summed E-state index contributed by atoms with van der Waals surface area (Å²) in [5.74, 6) is 1.23. The average Bonchev–Trinajstić information content (AvgIpc) is 3.21. The van der Waals surface area contributed by atoms with Gasteiger partial charge in [0.2, 0.25) is 15.9 Å². The fourth-order valence-electron chi connectivity index (χ4n) is 4.62. The Bertz CT molecular complexity index is 670. The van der Waals surface area contributed by atoms with E-state index in [4.69, 9.17) is 4.74 Å². The minimum atomic E-state index is -3.77. The summed E-state index contributed by atoms with van der Waals surface area (Å²) >= 11 is 0. The molecule has 0 spiro atoms. The first-order chi connectivity index (χ1) is 12.0. The molecule has 0 unspecified atom stereocenters. The maximum atomic E-state index is 12.5. The molecule has 3 fully saturated rings. The number of rotatable bonds is 4. The third-order valence-electron chi connectivity index (χ3n) is 5.82. The van der Waals surface area contributed by atoms with E-state index in [1.807, 2.05) is 0 Å². The lowest BCUT2D eigenvalue weighted by Crippen LogP contribution is -2.42. The lowest BCUT2D eigenvalue weighted by Gasteiger charge is -2.24. The number of fused-ring (bicyclic) bond motifs is 2. The van der Waals surface area contributed by atoms with Crippen LogP contribution in [-0.2, 0) is 19.6 Å². The van der Waals surface area contributed by atoms with E-state index in [1.54, 1.807) is 20.8 Å². The molecule has 0 aromatic rings. The van der Waals surface area contributed by atoms with Crippen LogP contribution in [0.25, 0.3) is 0 Å². The monoisotopic (exact) mass is 386 g/mol. The first kappa shape index (κ1) is 19.5. The van der Waals surface area contributed by atoms with Crippen LogP contribution in [0.3, 0.4) is 0 Å². The zero-order chi connectivity index (χ0) is 19.1. The topological polar surface area (TPSA) is 92.8 Å². The lowest BCUT2D eigenvalue weighted by atomic mass is 9.86. The molecule has 2 saturated carbocycles. The highest BCUT2D eigenvalue weighted by molar-refractivity contribution is 7.90. The molecule has 0 radical (unpaired) electrons. The number of nitrogens with one attached hydrogen (secondary N) is 1. The van der Waals surface area contributed by atoms with Crippen LogP contribution >= 0.6 is 0 Å². The standard InChI is InChI=1S/C18H30N2O5S/c1-18(2,3)25-17(22)20-7-6-15(11-20)26(23,24)19-16(21)10-14-9-12-4-5-13(14)8-12/h12-15H,4-11H2,1-3H3,(H,19,21)/t12-,13-,14-,15+/m0/s1. The molecule has 1 heterocycles. The first-order valence-electron chi connectivity index (χ1n) is 9.56. The number of nitrogens with zero attached hydrogens (tertiary/aromatic N) is 1. The van der Waals surface area contributed by atoms with Gasteiger partial charge in [-0.15, -0.1) is 0 Å². The van der Waals surface area contributed by atoms with Crippen molar-refractivity contribution < 1.29 is 22.7 Å². The van der Waals surface area contributed by atoms with Gasteiger partial charge in [0.05, 0.1) is 5.25 Å². The predicted octanol–water partition coefficient (Wildman–Crippen LogP) is 2.27. The fourth-order valence-corrected chi connectivity index (χ4v) is 5.98. The lowest BCUT2D eigenvalue weighted by molar-refractivity contribution is -0.120. The van der Waals surface area contributed by atoms with E-state index in [2.05, 4.69) is 4.72 Å². The number of carbonyl (C=O) groups excluding carboxylic acids is 2. The zero-order valence-corrected chi connectivity index (χ0v) is 16.7. The Morgan fingerprint density at radius 2 is 1.88 bits per heavy atom. The quantitative estimate of drug-likeness (QED) is 0.800. The molecule has 8 heteroatoms. The Kier molecular flexibility index (Phi) is 5.25. The molecule has 3 aliphatic rings. The van der Waals surface area contributed by atoms with Crippen LogP contribution < -0.4 is 4.72 Å². The van der Waals surface area contributed by atoms with E-state index in [-0.39, 0.29) is 6.54 Å². The van der Waals surface area contributed by atoms with E-state index >= 15 is 0 Å². The summed E-state index contributed by atoms with van der Waals surface area (Å²) < 4.78 is 32.6. The molecule has 2 amide bonds. The zero-order valence-electron chi connectivity index (χ0n) is 15.9. The molecule has 3 rings (SSSR count). The van der Waals surface area contributed by atoms with Crippen LogP contribution in [0.5, 0.6) is 0 Å². The summed E-state index contributed by atoms with van der Waals surface area (Å²) in [7, 11) is -3.77.